The maximum absolute atomic E-state index is 9.66. The van der Waals surface area contributed by atoms with Gasteiger partial charge in [-0.1, -0.05) is 6.92 Å². The molecule has 0 aliphatic heterocycles. The van der Waals surface area contributed by atoms with Gasteiger partial charge in [0.25, 0.3) is 0 Å². The Hall–Kier alpha value is -1.94. The van der Waals surface area contributed by atoms with Crippen LogP contribution in [0.5, 0.6) is 5.75 Å². The lowest BCUT2D eigenvalue weighted by Gasteiger charge is -2.09. The lowest BCUT2D eigenvalue weighted by Crippen LogP contribution is -1.92. The fourth-order valence-corrected chi connectivity index (χ4v) is 3.49. The summed E-state index contributed by atoms with van der Waals surface area (Å²) in [6.07, 6.45) is 2.48. The van der Waals surface area contributed by atoms with E-state index in [1.54, 1.807) is 23.7 Å². The number of fused-ring (bicyclic) bond motifs is 1. The molecule has 0 saturated carbocycles. The molecule has 0 aliphatic carbocycles. The first-order valence-electron chi connectivity index (χ1n) is 6.64. The number of hydrogen-bond acceptors (Lipinski definition) is 4. The summed E-state index contributed by atoms with van der Waals surface area (Å²) in [7, 11) is 0. The van der Waals surface area contributed by atoms with Gasteiger partial charge in [0.05, 0.1) is 5.69 Å². The van der Waals surface area contributed by atoms with E-state index in [-0.39, 0.29) is 0 Å². The van der Waals surface area contributed by atoms with Gasteiger partial charge in [-0.15, -0.1) is 11.3 Å². The van der Waals surface area contributed by atoms with Crippen LogP contribution in [0.15, 0.2) is 24.5 Å². The zero-order valence-corrected chi connectivity index (χ0v) is 12.6. The predicted molar refractivity (Wildman–Crippen MR) is 83.4 cm³/mol. The van der Waals surface area contributed by atoms with Crippen LogP contribution in [0.3, 0.4) is 0 Å². The Morgan fingerprint density at radius 2 is 2.00 bits per heavy atom. The number of nitrogens with zero attached hydrogens (tertiary/aromatic N) is 2. The molecule has 3 aromatic rings. The SMILES string of the molecule is CCc1cc(O)ccc1-c1ncnc2sc(C)c(C)c12. The molecule has 3 nitrogen and oxygen atoms in total. The van der Waals surface area contributed by atoms with Crippen LogP contribution in [-0.2, 0) is 6.42 Å². The smallest absolute Gasteiger partial charge is 0.127 e. The Balaban J connectivity index is 2.35. The molecular formula is C16H16N2OS. The third kappa shape index (κ3) is 1.96. The van der Waals surface area contributed by atoms with Crippen molar-refractivity contribution < 1.29 is 5.11 Å². The second-order valence-corrected chi connectivity index (χ2v) is 6.08. The Kier molecular flexibility index (Phi) is 3.18. The highest BCUT2D eigenvalue weighted by Gasteiger charge is 2.15. The van der Waals surface area contributed by atoms with Crippen molar-refractivity contribution in [3.8, 4) is 17.0 Å². The second-order valence-electron chi connectivity index (χ2n) is 4.88. The Morgan fingerprint density at radius 3 is 2.75 bits per heavy atom. The van der Waals surface area contributed by atoms with Crippen LogP contribution in [0, 0.1) is 13.8 Å². The van der Waals surface area contributed by atoms with E-state index >= 15 is 0 Å². The van der Waals surface area contributed by atoms with E-state index in [0.29, 0.717) is 5.75 Å². The zero-order valence-electron chi connectivity index (χ0n) is 11.8. The molecule has 0 bridgehead atoms. The molecule has 0 atom stereocenters. The van der Waals surface area contributed by atoms with E-state index in [9.17, 15) is 5.11 Å². The number of phenolic OH excluding ortho intramolecular Hbond substituents is 1. The summed E-state index contributed by atoms with van der Waals surface area (Å²) < 4.78 is 0. The van der Waals surface area contributed by atoms with Gasteiger partial charge < -0.3 is 5.11 Å². The highest BCUT2D eigenvalue weighted by Crippen LogP contribution is 2.36. The number of thiophene rings is 1. The monoisotopic (exact) mass is 284 g/mol. The van der Waals surface area contributed by atoms with Crippen LogP contribution >= 0.6 is 11.3 Å². The molecule has 0 aliphatic rings. The standard InChI is InChI=1S/C16H16N2OS/c1-4-11-7-12(19)5-6-13(11)15-14-9(2)10(3)20-16(14)18-8-17-15/h5-8,19H,4H2,1-3H3. The van der Waals surface area contributed by atoms with Crippen molar-refractivity contribution in [1.82, 2.24) is 9.97 Å². The largest absolute Gasteiger partial charge is 0.508 e. The third-order valence-corrected chi connectivity index (χ3v) is 4.81. The molecular weight excluding hydrogens is 268 g/mol. The van der Waals surface area contributed by atoms with Crippen molar-refractivity contribution in [2.75, 3.05) is 0 Å². The molecule has 1 aromatic carbocycles. The Morgan fingerprint density at radius 1 is 1.20 bits per heavy atom. The first-order chi connectivity index (χ1) is 9.61. The number of aromatic nitrogens is 2. The van der Waals surface area contributed by atoms with Crippen LogP contribution in [0.25, 0.3) is 21.5 Å². The molecule has 2 heterocycles. The van der Waals surface area contributed by atoms with E-state index in [4.69, 9.17) is 0 Å². The lowest BCUT2D eigenvalue weighted by molar-refractivity contribution is 0.474. The molecule has 0 unspecified atom stereocenters. The summed E-state index contributed by atoms with van der Waals surface area (Å²) in [5.74, 6) is 0.300. The minimum Gasteiger partial charge on any atom is -0.508 e. The summed E-state index contributed by atoms with van der Waals surface area (Å²) in [5.41, 5.74) is 4.40. The summed E-state index contributed by atoms with van der Waals surface area (Å²) >= 11 is 1.70. The number of hydrogen-bond donors (Lipinski definition) is 1. The number of aryl methyl sites for hydroxylation is 3. The fourth-order valence-electron chi connectivity index (χ4n) is 2.49. The van der Waals surface area contributed by atoms with Crippen LogP contribution < -0.4 is 0 Å². The first-order valence-corrected chi connectivity index (χ1v) is 7.46. The van der Waals surface area contributed by atoms with Gasteiger partial charge in [0.1, 0.15) is 16.9 Å². The van der Waals surface area contributed by atoms with E-state index in [0.717, 1.165) is 33.5 Å². The molecule has 0 amide bonds. The molecule has 3 rings (SSSR count). The number of benzene rings is 1. The highest BCUT2D eigenvalue weighted by atomic mass is 32.1. The van der Waals surface area contributed by atoms with Crippen molar-refractivity contribution in [1.29, 1.82) is 0 Å². The zero-order chi connectivity index (χ0) is 14.3. The maximum atomic E-state index is 9.66. The van der Waals surface area contributed by atoms with Gasteiger partial charge in [-0.3, -0.25) is 0 Å². The van der Waals surface area contributed by atoms with Crippen LogP contribution in [-0.4, -0.2) is 15.1 Å². The number of phenols is 1. The third-order valence-electron chi connectivity index (χ3n) is 3.69. The van der Waals surface area contributed by atoms with Gasteiger partial charge in [0.2, 0.25) is 0 Å². The second kappa shape index (κ2) is 4.87. The quantitative estimate of drug-likeness (QED) is 0.765. The average Bonchev–Trinajstić information content (AvgIpc) is 2.74. The van der Waals surface area contributed by atoms with Crippen molar-refractivity contribution in [2.24, 2.45) is 0 Å². The van der Waals surface area contributed by atoms with Gasteiger partial charge in [-0.2, -0.15) is 0 Å². The summed E-state index contributed by atoms with van der Waals surface area (Å²) in [5, 5.41) is 10.8. The van der Waals surface area contributed by atoms with Crippen molar-refractivity contribution in [3.05, 3.63) is 40.5 Å². The molecule has 0 fully saturated rings. The minimum atomic E-state index is 0.300. The topological polar surface area (TPSA) is 46.0 Å². The fraction of sp³-hybridized carbons (Fsp3) is 0.250. The molecule has 0 spiro atoms. The first kappa shape index (κ1) is 13.1. The van der Waals surface area contributed by atoms with Gasteiger partial charge in [-0.25, -0.2) is 9.97 Å². The number of rotatable bonds is 2. The van der Waals surface area contributed by atoms with E-state index in [1.165, 1.54) is 10.4 Å². The molecule has 4 heteroatoms. The Labute approximate surface area is 122 Å². The van der Waals surface area contributed by atoms with Crippen molar-refractivity contribution >= 4 is 21.6 Å². The van der Waals surface area contributed by atoms with Crippen LogP contribution in [0.2, 0.25) is 0 Å². The van der Waals surface area contributed by atoms with Gasteiger partial charge >= 0.3 is 0 Å². The van der Waals surface area contributed by atoms with E-state index < -0.39 is 0 Å². The molecule has 102 valence electrons. The normalized spacial score (nSPS) is 11.2. The summed E-state index contributed by atoms with van der Waals surface area (Å²) in [4.78, 5) is 11.2. The minimum absolute atomic E-state index is 0.300. The average molecular weight is 284 g/mol. The predicted octanol–water partition coefficient (Wildman–Crippen LogP) is 4.24. The highest BCUT2D eigenvalue weighted by molar-refractivity contribution is 7.18. The van der Waals surface area contributed by atoms with Crippen molar-refractivity contribution in [2.45, 2.75) is 27.2 Å². The Bertz CT molecular complexity index is 793. The van der Waals surface area contributed by atoms with Crippen LogP contribution in [0.1, 0.15) is 22.9 Å². The van der Waals surface area contributed by atoms with Crippen molar-refractivity contribution in [3.63, 3.8) is 0 Å². The van der Waals surface area contributed by atoms with Gasteiger partial charge in [0.15, 0.2) is 0 Å². The molecule has 20 heavy (non-hydrogen) atoms. The number of aromatic hydroxyl groups is 1. The lowest BCUT2D eigenvalue weighted by atomic mass is 9.99. The summed E-state index contributed by atoms with van der Waals surface area (Å²) in [6.45, 7) is 6.32. The summed E-state index contributed by atoms with van der Waals surface area (Å²) in [6, 6.07) is 5.48. The van der Waals surface area contributed by atoms with E-state index in [1.807, 2.05) is 12.1 Å². The van der Waals surface area contributed by atoms with Gasteiger partial charge in [0, 0.05) is 15.8 Å². The molecule has 0 saturated heterocycles. The molecule has 0 radical (unpaired) electrons. The molecule has 1 N–H and O–H groups in total. The molecule has 2 aromatic heterocycles. The van der Waals surface area contributed by atoms with Crippen LogP contribution in [0.4, 0.5) is 0 Å². The van der Waals surface area contributed by atoms with E-state index in [2.05, 4.69) is 30.7 Å². The maximum Gasteiger partial charge on any atom is 0.127 e. The van der Waals surface area contributed by atoms with Gasteiger partial charge in [-0.05, 0) is 49.6 Å².